The van der Waals surface area contributed by atoms with Crippen molar-refractivity contribution in [3.05, 3.63) is 0 Å². The third-order valence-corrected chi connectivity index (χ3v) is 4.83. The number of piperazine rings is 1. The maximum atomic E-state index is 12.4. The van der Waals surface area contributed by atoms with Crippen LogP contribution in [-0.2, 0) is 9.53 Å². The molecule has 1 saturated carbocycles. The van der Waals surface area contributed by atoms with Crippen molar-refractivity contribution in [2.24, 2.45) is 5.92 Å². The molecule has 5 heteroatoms. The average molecular weight is 283 g/mol. The van der Waals surface area contributed by atoms with E-state index in [0.29, 0.717) is 12.0 Å². The molecule has 0 aromatic rings. The van der Waals surface area contributed by atoms with E-state index in [2.05, 4.69) is 36.0 Å². The van der Waals surface area contributed by atoms with Gasteiger partial charge in [-0.25, -0.2) is 4.79 Å². The standard InChI is InChI=1S/C15H29N3O2/c1-5-16-15(13-6-7-13,14(19)20-4)11-18-9-8-17(3)12(2)10-18/h12-13,16H,5-11H2,1-4H3. The summed E-state index contributed by atoms with van der Waals surface area (Å²) in [6.07, 6.45) is 2.26. The predicted molar refractivity (Wildman–Crippen MR) is 79.7 cm³/mol. The van der Waals surface area contributed by atoms with Gasteiger partial charge in [0.15, 0.2) is 0 Å². The van der Waals surface area contributed by atoms with Crippen LogP contribution in [-0.4, -0.2) is 74.2 Å². The molecule has 2 rings (SSSR count). The van der Waals surface area contributed by atoms with Gasteiger partial charge in [0.05, 0.1) is 7.11 Å². The van der Waals surface area contributed by atoms with Gasteiger partial charge in [-0.15, -0.1) is 0 Å². The van der Waals surface area contributed by atoms with E-state index in [1.165, 1.54) is 7.11 Å². The van der Waals surface area contributed by atoms with Gasteiger partial charge in [-0.3, -0.25) is 4.90 Å². The van der Waals surface area contributed by atoms with Crippen LogP contribution in [0.5, 0.6) is 0 Å². The van der Waals surface area contributed by atoms with E-state index in [4.69, 9.17) is 4.74 Å². The molecule has 2 unspecified atom stereocenters. The molecular weight excluding hydrogens is 254 g/mol. The molecule has 5 nitrogen and oxygen atoms in total. The second-order valence-electron chi connectivity index (χ2n) is 6.33. The molecule has 0 bridgehead atoms. The van der Waals surface area contributed by atoms with Crippen molar-refractivity contribution in [3.8, 4) is 0 Å². The minimum absolute atomic E-state index is 0.0894. The summed E-state index contributed by atoms with van der Waals surface area (Å²) >= 11 is 0. The SMILES string of the molecule is CCNC(CN1CCN(C)C(C)C1)(C(=O)OC)C1CC1. The molecule has 0 spiro atoms. The van der Waals surface area contributed by atoms with Crippen molar-refractivity contribution in [1.29, 1.82) is 0 Å². The number of hydrogen-bond donors (Lipinski definition) is 1. The highest BCUT2D eigenvalue weighted by Crippen LogP contribution is 2.41. The molecule has 0 amide bonds. The van der Waals surface area contributed by atoms with E-state index in [1.54, 1.807) is 0 Å². The van der Waals surface area contributed by atoms with Gasteiger partial charge in [-0.05, 0) is 39.3 Å². The van der Waals surface area contributed by atoms with Gasteiger partial charge >= 0.3 is 5.97 Å². The number of nitrogens with zero attached hydrogens (tertiary/aromatic N) is 2. The van der Waals surface area contributed by atoms with Crippen molar-refractivity contribution < 1.29 is 9.53 Å². The number of carbonyl (C=O) groups is 1. The minimum Gasteiger partial charge on any atom is -0.468 e. The first-order chi connectivity index (χ1) is 9.53. The topological polar surface area (TPSA) is 44.8 Å². The summed E-state index contributed by atoms with van der Waals surface area (Å²) < 4.78 is 5.12. The highest BCUT2D eigenvalue weighted by Gasteiger charge is 2.52. The Morgan fingerprint density at radius 3 is 2.60 bits per heavy atom. The number of rotatable bonds is 6. The number of likely N-dealkylation sites (N-methyl/N-ethyl adjacent to an activating group) is 2. The molecule has 2 fully saturated rings. The summed E-state index contributed by atoms with van der Waals surface area (Å²) in [5.74, 6) is 0.346. The van der Waals surface area contributed by atoms with Crippen LogP contribution in [0, 0.1) is 5.92 Å². The number of carbonyl (C=O) groups excluding carboxylic acids is 1. The lowest BCUT2D eigenvalue weighted by molar-refractivity contribution is -0.151. The van der Waals surface area contributed by atoms with Gasteiger partial charge in [-0.2, -0.15) is 0 Å². The quantitative estimate of drug-likeness (QED) is 0.722. The third-order valence-electron chi connectivity index (χ3n) is 4.83. The monoisotopic (exact) mass is 283 g/mol. The number of nitrogens with one attached hydrogen (secondary N) is 1. The van der Waals surface area contributed by atoms with Gasteiger partial charge in [-0.1, -0.05) is 6.92 Å². The third kappa shape index (κ3) is 3.15. The zero-order valence-corrected chi connectivity index (χ0v) is 13.3. The summed E-state index contributed by atoms with van der Waals surface area (Å²) in [5.41, 5.74) is -0.501. The highest BCUT2D eigenvalue weighted by atomic mass is 16.5. The van der Waals surface area contributed by atoms with E-state index in [1.807, 2.05) is 0 Å². The van der Waals surface area contributed by atoms with Gasteiger partial charge in [0, 0.05) is 32.2 Å². The normalized spacial score (nSPS) is 28.1. The number of ether oxygens (including phenoxy) is 1. The molecule has 1 aliphatic heterocycles. The van der Waals surface area contributed by atoms with Gasteiger partial charge < -0.3 is 15.0 Å². The second-order valence-corrected chi connectivity index (χ2v) is 6.33. The molecule has 0 radical (unpaired) electrons. The van der Waals surface area contributed by atoms with Gasteiger partial charge in [0.2, 0.25) is 0 Å². The fourth-order valence-corrected chi connectivity index (χ4v) is 3.33. The zero-order valence-electron chi connectivity index (χ0n) is 13.3. The van der Waals surface area contributed by atoms with Crippen LogP contribution >= 0.6 is 0 Å². The minimum atomic E-state index is -0.501. The Bertz CT molecular complexity index is 346. The van der Waals surface area contributed by atoms with Crippen LogP contribution in [0.1, 0.15) is 26.7 Å². The van der Waals surface area contributed by atoms with Crippen LogP contribution in [0.2, 0.25) is 0 Å². The zero-order chi connectivity index (χ0) is 14.8. The number of methoxy groups -OCH3 is 1. The molecule has 1 saturated heterocycles. The van der Waals surface area contributed by atoms with Crippen molar-refractivity contribution >= 4 is 5.97 Å². The van der Waals surface area contributed by atoms with Crippen molar-refractivity contribution in [2.45, 2.75) is 38.3 Å². The Hall–Kier alpha value is -0.650. The van der Waals surface area contributed by atoms with E-state index in [-0.39, 0.29) is 5.97 Å². The van der Waals surface area contributed by atoms with E-state index < -0.39 is 5.54 Å². The maximum absolute atomic E-state index is 12.4. The van der Waals surface area contributed by atoms with E-state index in [0.717, 1.165) is 45.6 Å². The Kier molecular flexibility index (Phi) is 5.04. The molecule has 2 atom stereocenters. The Morgan fingerprint density at radius 2 is 2.10 bits per heavy atom. The van der Waals surface area contributed by atoms with Gasteiger partial charge in [0.25, 0.3) is 0 Å². The first-order valence-corrected chi connectivity index (χ1v) is 7.79. The molecule has 1 N–H and O–H groups in total. The molecule has 116 valence electrons. The lowest BCUT2D eigenvalue weighted by Gasteiger charge is -2.42. The lowest BCUT2D eigenvalue weighted by atomic mass is 9.91. The molecule has 2 aliphatic rings. The van der Waals surface area contributed by atoms with Crippen LogP contribution in [0.3, 0.4) is 0 Å². The highest BCUT2D eigenvalue weighted by molar-refractivity contribution is 5.82. The summed E-state index contributed by atoms with van der Waals surface area (Å²) in [6, 6.07) is 0.542. The van der Waals surface area contributed by atoms with E-state index in [9.17, 15) is 4.79 Å². The fourth-order valence-electron chi connectivity index (χ4n) is 3.33. The number of hydrogen-bond acceptors (Lipinski definition) is 5. The van der Waals surface area contributed by atoms with Gasteiger partial charge in [0.1, 0.15) is 5.54 Å². The maximum Gasteiger partial charge on any atom is 0.327 e. The molecule has 1 aliphatic carbocycles. The van der Waals surface area contributed by atoms with Crippen LogP contribution in [0.4, 0.5) is 0 Å². The summed E-state index contributed by atoms with van der Waals surface area (Å²) in [4.78, 5) is 17.2. The van der Waals surface area contributed by atoms with Crippen molar-refractivity contribution in [2.75, 3.05) is 46.9 Å². The van der Waals surface area contributed by atoms with Crippen LogP contribution < -0.4 is 5.32 Å². The van der Waals surface area contributed by atoms with E-state index >= 15 is 0 Å². The Morgan fingerprint density at radius 1 is 1.40 bits per heavy atom. The summed E-state index contributed by atoms with van der Waals surface area (Å²) in [7, 11) is 3.67. The average Bonchev–Trinajstić information content (AvgIpc) is 3.26. The Balaban J connectivity index is 2.09. The Labute approximate surface area is 122 Å². The number of esters is 1. The molecule has 0 aromatic heterocycles. The molecule has 1 heterocycles. The largest absolute Gasteiger partial charge is 0.468 e. The smallest absolute Gasteiger partial charge is 0.327 e. The fraction of sp³-hybridized carbons (Fsp3) is 0.933. The summed E-state index contributed by atoms with van der Waals surface area (Å²) in [6.45, 7) is 8.99. The molecule has 20 heavy (non-hydrogen) atoms. The van der Waals surface area contributed by atoms with Crippen LogP contribution in [0.25, 0.3) is 0 Å². The lowest BCUT2D eigenvalue weighted by Crippen LogP contribution is -2.63. The van der Waals surface area contributed by atoms with Crippen LogP contribution in [0.15, 0.2) is 0 Å². The summed E-state index contributed by atoms with van der Waals surface area (Å²) in [5, 5.41) is 3.45. The van der Waals surface area contributed by atoms with Crippen molar-refractivity contribution in [1.82, 2.24) is 15.1 Å². The first kappa shape index (κ1) is 15.7. The molecular formula is C15H29N3O2. The van der Waals surface area contributed by atoms with Crippen molar-refractivity contribution in [3.63, 3.8) is 0 Å². The predicted octanol–water partition coefficient (Wildman–Crippen LogP) is 0.554. The molecule has 0 aromatic carbocycles. The second kappa shape index (κ2) is 6.41. The first-order valence-electron chi connectivity index (χ1n) is 7.79.